The van der Waals surface area contributed by atoms with Crippen molar-refractivity contribution < 1.29 is 37.1 Å². The Bertz CT molecular complexity index is 1110. The van der Waals surface area contributed by atoms with Gasteiger partial charge < -0.3 is 15.5 Å². The van der Waals surface area contributed by atoms with Gasteiger partial charge in [0.15, 0.2) is 0 Å². The van der Waals surface area contributed by atoms with Crippen molar-refractivity contribution in [3.63, 3.8) is 0 Å². The van der Waals surface area contributed by atoms with Crippen LogP contribution in [0.5, 0.6) is 0 Å². The highest BCUT2D eigenvalue weighted by Gasteiger charge is 2.70. The standard InChI is InChI=1S/C26H37ClF3N5O5/c1-11-7-12(19(36)31-11)9-35(23(40)18(27)28)33-21(38)16-15-14(25(15,5)6)10-34(16)22(39)17(24(2,3)4)32-20(37)13-8-26(13,29)30/h11-18H,7-10H2,1-6H3,(H,31,36)(H,32,37)(H,33,38)/t11-,12+,13+,14+,15+,16+,17-,18-/m1/s1. The Hall–Kier alpha value is -2.57. The molecule has 224 valence electrons. The van der Waals surface area contributed by atoms with Gasteiger partial charge in [0.2, 0.25) is 17.7 Å². The van der Waals surface area contributed by atoms with E-state index in [2.05, 4.69) is 16.1 Å². The Balaban J connectivity index is 1.56. The van der Waals surface area contributed by atoms with Crippen LogP contribution >= 0.6 is 11.6 Å². The largest absolute Gasteiger partial charge is 0.353 e. The van der Waals surface area contributed by atoms with Gasteiger partial charge in [-0.25, -0.2) is 18.2 Å². The minimum Gasteiger partial charge on any atom is -0.353 e. The average Bonchev–Trinajstić information content (AvgIpc) is 3.42. The Morgan fingerprint density at radius 3 is 2.27 bits per heavy atom. The normalized spacial score (nSPS) is 32.9. The fourth-order valence-corrected chi connectivity index (χ4v) is 6.33. The van der Waals surface area contributed by atoms with E-state index in [1.54, 1.807) is 27.7 Å². The second kappa shape index (κ2) is 10.1. The molecule has 0 radical (unpaired) electrons. The van der Waals surface area contributed by atoms with Crippen molar-refractivity contribution in [2.75, 3.05) is 13.1 Å². The van der Waals surface area contributed by atoms with Crippen molar-refractivity contribution in [2.24, 2.45) is 34.5 Å². The Labute approximate surface area is 236 Å². The molecule has 0 bridgehead atoms. The number of nitrogens with one attached hydrogen (secondary N) is 3. The van der Waals surface area contributed by atoms with Crippen molar-refractivity contribution in [2.45, 2.75) is 84.1 Å². The summed E-state index contributed by atoms with van der Waals surface area (Å²) in [7, 11) is 0. The van der Waals surface area contributed by atoms with Crippen molar-refractivity contribution >= 4 is 41.1 Å². The van der Waals surface area contributed by atoms with Crippen molar-refractivity contribution in [1.82, 2.24) is 26.0 Å². The molecule has 10 nitrogen and oxygen atoms in total. The number of alkyl halides is 4. The third-order valence-electron chi connectivity index (χ3n) is 8.80. The van der Waals surface area contributed by atoms with E-state index in [1.165, 1.54) is 4.90 Å². The lowest BCUT2D eigenvalue weighted by molar-refractivity contribution is -0.151. The molecule has 14 heteroatoms. The first-order valence-electron chi connectivity index (χ1n) is 13.5. The average molecular weight is 592 g/mol. The van der Waals surface area contributed by atoms with Crippen LogP contribution in [-0.2, 0) is 24.0 Å². The van der Waals surface area contributed by atoms with Crippen molar-refractivity contribution in [3.05, 3.63) is 0 Å². The molecule has 0 spiro atoms. The molecule has 3 N–H and O–H groups in total. The lowest BCUT2D eigenvalue weighted by atomic mass is 9.85. The van der Waals surface area contributed by atoms with Crippen LogP contribution in [0, 0.1) is 34.5 Å². The zero-order valence-corrected chi connectivity index (χ0v) is 24.2. The first-order chi connectivity index (χ1) is 18.3. The van der Waals surface area contributed by atoms with Gasteiger partial charge in [0, 0.05) is 19.0 Å². The van der Waals surface area contributed by atoms with Gasteiger partial charge in [-0.05, 0) is 36.0 Å². The highest BCUT2D eigenvalue weighted by atomic mass is 35.5. The number of nitrogens with zero attached hydrogens (tertiary/aromatic N) is 2. The molecular formula is C26H37ClF3N5O5. The highest BCUT2D eigenvalue weighted by Crippen LogP contribution is 2.65. The molecule has 8 atom stereocenters. The van der Waals surface area contributed by atoms with E-state index >= 15 is 0 Å². The van der Waals surface area contributed by atoms with Crippen molar-refractivity contribution in [1.29, 1.82) is 0 Å². The number of fused-ring (bicyclic) bond motifs is 1. The van der Waals surface area contributed by atoms with Gasteiger partial charge in [0.25, 0.3) is 23.4 Å². The maximum atomic E-state index is 13.9. The van der Waals surface area contributed by atoms with E-state index in [4.69, 9.17) is 11.6 Å². The van der Waals surface area contributed by atoms with Crippen LogP contribution in [0.2, 0.25) is 0 Å². The number of hydrogen-bond donors (Lipinski definition) is 3. The first-order valence-corrected chi connectivity index (χ1v) is 13.9. The Kier molecular flexibility index (Phi) is 7.64. The smallest absolute Gasteiger partial charge is 0.291 e. The van der Waals surface area contributed by atoms with Gasteiger partial charge in [-0.1, -0.05) is 46.2 Å². The number of halogens is 4. The molecule has 5 amide bonds. The van der Waals surface area contributed by atoms with E-state index in [9.17, 15) is 37.1 Å². The fraction of sp³-hybridized carbons (Fsp3) is 0.808. The summed E-state index contributed by atoms with van der Waals surface area (Å²) in [5.74, 6) is -9.61. The molecule has 4 aliphatic rings. The predicted octanol–water partition coefficient (Wildman–Crippen LogP) is 1.57. The second-order valence-electron chi connectivity index (χ2n) is 13.3. The summed E-state index contributed by atoms with van der Waals surface area (Å²) in [6.45, 7) is 10.5. The molecular weight excluding hydrogens is 555 g/mol. The van der Waals surface area contributed by atoms with Crippen LogP contribution in [0.3, 0.4) is 0 Å². The van der Waals surface area contributed by atoms with Crippen LogP contribution in [0.1, 0.15) is 54.4 Å². The van der Waals surface area contributed by atoms with Crippen LogP contribution in [-0.4, -0.2) is 82.2 Å². The number of likely N-dealkylation sites (tertiary alicyclic amines) is 1. The quantitative estimate of drug-likeness (QED) is 0.306. The molecule has 0 aromatic heterocycles. The van der Waals surface area contributed by atoms with Gasteiger partial charge in [-0.15, -0.1) is 0 Å². The van der Waals surface area contributed by atoms with E-state index in [0.29, 0.717) is 11.4 Å². The fourth-order valence-electron chi connectivity index (χ4n) is 6.21. The lowest BCUT2D eigenvalue weighted by Crippen LogP contribution is -2.61. The van der Waals surface area contributed by atoms with Gasteiger partial charge in [0.05, 0.1) is 12.5 Å². The number of carbonyl (C=O) groups excluding carboxylic acids is 5. The van der Waals surface area contributed by atoms with E-state index in [1.807, 2.05) is 13.8 Å². The van der Waals surface area contributed by atoms with Crippen molar-refractivity contribution in [3.8, 4) is 0 Å². The zero-order chi connectivity index (χ0) is 30.1. The molecule has 4 rings (SSSR count). The molecule has 2 saturated carbocycles. The molecule has 2 saturated heterocycles. The van der Waals surface area contributed by atoms with Crippen LogP contribution < -0.4 is 16.1 Å². The monoisotopic (exact) mass is 591 g/mol. The lowest BCUT2D eigenvalue weighted by Gasteiger charge is -2.38. The molecule has 0 aromatic rings. The van der Waals surface area contributed by atoms with Gasteiger partial charge in [0.1, 0.15) is 18.0 Å². The number of rotatable bonds is 7. The van der Waals surface area contributed by atoms with Crippen LogP contribution in [0.25, 0.3) is 0 Å². The number of hydrazine groups is 1. The molecule has 0 unspecified atom stereocenters. The molecule has 40 heavy (non-hydrogen) atoms. The van der Waals surface area contributed by atoms with Gasteiger partial charge >= 0.3 is 0 Å². The van der Waals surface area contributed by atoms with Gasteiger partial charge in [-0.2, -0.15) is 0 Å². The number of hydrogen-bond acceptors (Lipinski definition) is 5. The Morgan fingerprint density at radius 2 is 1.80 bits per heavy atom. The van der Waals surface area contributed by atoms with E-state index in [0.717, 1.165) is 0 Å². The molecule has 0 aromatic carbocycles. The highest BCUT2D eigenvalue weighted by molar-refractivity contribution is 6.29. The van der Waals surface area contributed by atoms with Crippen LogP contribution in [0.15, 0.2) is 0 Å². The molecule has 4 fully saturated rings. The maximum Gasteiger partial charge on any atom is 0.291 e. The summed E-state index contributed by atoms with van der Waals surface area (Å²) in [5.41, 5.74) is -1.28. The summed E-state index contributed by atoms with van der Waals surface area (Å²) in [6.07, 6.45) is -0.231. The van der Waals surface area contributed by atoms with E-state index < -0.39 is 70.9 Å². The van der Waals surface area contributed by atoms with Gasteiger partial charge in [-0.3, -0.25) is 29.4 Å². The SMILES string of the molecule is C[C@@H]1C[C@@H](CN(NC(=O)[C@@H]2[C@@H]3[C@H](CN2C(=O)[C@@H](NC(=O)[C@@H]2CC2(F)F)C(C)(C)C)C3(C)C)C(=O)[C@@H](F)Cl)C(=O)N1. The minimum absolute atomic E-state index is 0.0659. The minimum atomic E-state index is -3.11. The number of carbonyl (C=O) groups is 5. The number of amides is 5. The molecule has 2 aliphatic heterocycles. The topological polar surface area (TPSA) is 128 Å². The summed E-state index contributed by atoms with van der Waals surface area (Å²) in [6, 6.07) is -2.46. The molecule has 2 heterocycles. The predicted molar refractivity (Wildman–Crippen MR) is 137 cm³/mol. The zero-order valence-electron chi connectivity index (χ0n) is 23.4. The summed E-state index contributed by atoms with van der Waals surface area (Å²) >= 11 is 5.40. The third kappa shape index (κ3) is 5.62. The second-order valence-corrected chi connectivity index (χ2v) is 13.7. The number of piperidine rings is 1. The third-order valence-corrected chi connectivity index (χ3v) is 8.99. The summed E-state index contributed by atoms with van der Waals surface area (Å²) < 4.78 is 41.0. The summed E-state index contributed by atoms with van der Waals surface area (Å²) in [4.78, 5) is 66.2. The maximum absolute atomic E-state index is 13.9. The molecule has 2 aliphatic carbocycles. The van der Waals surface area contributed by atoms with Crippen LogP contribution in [0.4, 0.5) is 13.2 Å². The Morgan fingerprint density at radius 1 is 1.20 bits per heavy atom. The first kappa shape index (κ1) is 30.4. The van der Waals surface area contributed by atoms with E-state index in [-0.39, 0.29) is 42.3 Å². The summed E-state index contributed by atoms with van der Waals surface area (Å²) in [5, 5.41) is 5.86.